The molecule has 0 radical (unpaired) electrons. The van der Waals surface area contributed by atoms with Gasteiger partial charge in [0.2, 0.25) is 0 Å². The largest absolute Gasteiger partial charge is 0.394 e. The highest BCUT2D eigenvalue weighted by molar-refractivity contribution is 4.99. The lowest BCUT2D eigenvalue weighted by Gasteiger charge is -2.49. The number of aliphatic hydroxyl groups is 22. The molecule has 0 saturated carbocycles. The summed E-state index contributed by atoms with van der Waals surface area (Å²) in [4.78, 5) is 0. The van der Waals surface area contributed by atoms with Crippen LogP contribution in [0.2, 0.25) is 0 Å². The van der Waals surface area contributed by atoms with E-state index in [1.165, 1.54) is 0 Å². The lowest BCUT2D eigenvalue weighted by Crippen LogP contribution is -2.68. The van der Waals surface area contributed by atoms with Crippen LogP contribution in [0.4, 0.5) is 0 Å². The van der Waals surface area contributed by atoms with Crippen LogP contribution in [0, 0.1) is 0 Å². The standard InChI is InChI=1S/C40H70O34/c41-1-9(47)17(50)30(10(48)2-42)70-37-27(60)22(55)31(14(5-45)67-37)71-38-28(61)23(56)32(15(6-46)68-38)72-39-29(62)24(57)33(73-36-26(59)21(54)19(52)12(3-43)65-36)16(69-39)8-64-40-34(18(51)11(49)7-63-40)74-35-25(58)20(53)13(4-44)66-35/h9-62H,1-8H2/t9-,10+,11+,12+,13-,14+,15+,16+,17+,18-,19+,20-,21-,22+,23+,24+,25+,26+,27+,28+,29+,30+,31+,32+,33+,34+,35-,36-,37-,38-,39-,40+/m0/s1. The Morgan fingerprint density at radius 1 is 0.365 bits per heavy atom. The van der Waals surface area contributed by atoms with Gasteiger partial charge >= 0.3 is 0 Å². The topological polar surface area (TPSA) is 556 Å². The molecule has 6 heterocycles. The molecule has 34 heteroatoms. The summed E-state index contributed by atoms with van der Waals surface area (Å²) < 4.78 is 67.4. The zero-order valence-corrected chi connectivity index (χ0v) is 38.9. The van der Waals surface area contributed by atoms with E-state index in [1.54, 1.807) is 0 Å². The minimum Gasteiger partial charge on any atom is -0.394 e. The Bertz CT molecular complexity index is 1660. The molecule has 6 rings (SSSR count). The molecule has 0 aromatic carbocycles. The maximum Gasteiger partial charge on any atom is 0.187 e. The number of hydrogen-bond acceptors (Lipinski definition) is 34. The quantitative estimate of drug-likeness (QED) is 0.0479. The third-order valence-corrected chi connectivity index (χ3v) is 13.4. The van der Waals surface area contributed by atoms with Crippen molar-refractivity contribution in [3.63, 3.8) is 0 Å². The van der Waals surface area contributed by atoms with Gasteiger partial charge in [0.1, 0.15) is 159 Å². The maximum atomic E-state index is 11.6. The fourth-order valence-corrected chi connectivity index (χ4v) is 8.99. The maximum absolute atomic E-state index is 11.6. The van der Waals surface area contributed by atoms with Crippen molar-refractivity contribution in [3.05, 3.63) is 0 Å². The summed E-state index contributed by atoms with van der Waals surface area (Å²) in [7, 11) is 0. The SMILES string of the molecule is OC[C@@H](O)[C@@H](O[C@@H]1O[C@H](CO)[C@@H](O[C@@H]2O[C@H](CO)[C@@H](O[C@@H]3O[C@H](CO[C@H]4OC[C@@H](O)[C@H](O)[C@H]4O[C@@H]4O[C@@H](CO)[C@H](O)[C@H]4O)[C@@H](O[C@@H]4O[C@H](CO)[C@@H](O)[C@H](O)[C@H]4O)[C@H](O)[C@H]3O)[C@H](O)[C@H]2O)[C@H](O)[C@H]1O)[C@H](O)[C@@H](O)CO. The Hall–Kier alpha value is -1.36. The molecule has 0 aromatic heterocycles. The molecule has 22 N–H and O–H groups in total. The summed E-state index contributed by atoms with van der Waals surface area (Å²) in [5, 5.41) is 231. The highest BCUT2D eigenvalue weighted by atomic mass is 16.8. The van der Waals surface area contributed by atoms with E-state index in [0.717, 1.165) is 0 Å². The van der Waals surface area contributed by atoms with Crippen molar-refractivity contribution < 1.29 is 169 Å². The summed E-state index contributed by atoms with van der Waals surface area (Å²) in [6.07, 6.45) is -61.9. The summed E-state index contributed by atoms with van der Waals surface area (Å²) in [5.74, 6) is 0. The first-order chi connectivity index (χ1) is 35.1. The van der Waals surface area contributed by atoms with E-state index < -0.39 is 249 Å². The van der Waals surface area contributed by atoms with E-state index in [0.29, 0.717) is 0 Å². The van der Waals surface area contributed by atoms with Crippen LogP contribution in [0.1, 0.15) is 0 Å². The van der Waals surface area contributed by atoms with E-state index in [4.69, 9.17) is 56.8 Å². The van der Waals surface area contributed by atoms with Crippen LogP contribution in [0.3, 0.4) is 0 Å². The predicted octanol–water partition coefficient (Wildman–Crippen LogP) is -15.4. The van der Waals surface area contributed by atoms with Crippen molar-refractivity contribution >= 4 is 0 Å². The smallest absolute Gasteiger partial charge is 0.187 e. The third kappa shape index (κ3) is 13.3. The molecule has 34 nitrogen and oxygen atoms in total. The minimum absolute atomic E-state index is 0.608. The lowest BCUT2D eigenvalue weighted by atomic mass is 9.95. The average Bonchev–Trinajstić information content (AvgIpc) is 3.67. The van der Waals surface area contributed by atoms with Gasteiger partial charge in [-0.25, -0.2) is 0 Å². The van der Waals surface area contributed by atoms with Crippen LogP contribution in [-0.4, -0.2) is 362 Å². The summed E-state index contributed by atoms with van der Waals surface area (Å²) in [5.41, 5.74) is 0. The molecule has 6 saturated heterocycles. The molecule has 6 fully saturated rings. The van der Waals surface area contributed by atoms with E-state index >= 15 is 0 Å². The molecule has 74 heavy (non-hydrogen) atoms. The van der Waals surface area contributed by atoms with Gasteiger partial charge in [-0.2, -0.15) is 0 Å². The van der Waals surface area contributed by atoms with E-state index in [9.17, 15) is 112 Å². The molecule has 434 valence electrons. The van der Waals surface area contributed by atoms with E-state index in [2.05, 4.69) is 0 Å². The second-order valence-corrected chi connectivity index (χ2v) is 18.4. The Kier molecular flexibility index (Phi) is 22.7. The molecule has 6 aliphatic rings. The van der Waals surface area contributed by atoms with Gasteiger partial charge in [0.05, 0.1) is 52.9 Å². The molecule has 0 amide bonds. The van der Waals surface area contributed by atoms with Gasteiger partial charge in [0, 0.05) is 0 Å². The van der Waals surface area contributed by atoms with Crippen LogP contribution in [0.5, 0.6) is 0 Å². The Balaban J connectivity index is 1.19. The average molecular weight is 1090 g/mol. The van der Waals surface area contributed by atoms with Crippen molar-refractivity contribution in [2.75, 3.05) is 52.9 Å². The number of rotatable bonds is 22. The fourth-order valence-electron chi connectivity index (χ4n) is 8.99. The van der Waals surface area contributed by atoms with Crippen molar-refractivity contribution in [3.8, 4) is 0 Å². The molecule has 0 spiro atoms. The molecular weight excluding hydrogens is 1020 g/mol. The lowest BCUT2D eigenvalue weighted by molar-refractivity contribution is -0.393. The van der Waals surface area contributed by atoms with E-state index in [1.807, 2.05) is 0 Å². The van der Waals surface area contributed by atoms with E-state index in [-0.39, 0.29) is 0 Å². The van der Waals surface area contributed by atoms with Crippen molar-refractivity contribution in [2.24, 2.45) is 0 Å². The molecule has 0 bridgehead atoms. The fraction of sp³-hybridized carbons (Fsp3) is 1.00. The summed E-state index contributed by atoms with van der Waals surface area (Å²) >= 11 is 0. The van der Waals surface area contributed by atoms with Gasteiger partial charge in [-0.3, -0.25) is 0 Å². The Morgan fingerprint density at radius 2 is 0.730 bits per heavy atom. The second-order valence-electron chi connectivity index (χ2n) is 18.4. The molecular formula is C40H70O34. The number of aliphatic hydroxyl groups excluding tert-OH is 22. The van der Waals surface area contributed by atoms with Crippen molar-refractivity contribution in [1.82, 2.24) is 0 Å². The zero-order valence-electron chi connectivity index (χ0n) is 38.9. The molecule has 32 atom stereocenters. The van der Waals surface area contributed by atoms with Gasteiger partial charge in [-0.05, 0) is 0 Å². The summed E-state index contributed by atoms with van der Waals surface area (Å²) in [6, 6.07) is 0. The van der Waals surface area contributed by atoms with Crippen molar-refractivity contribution in [1.29, 1.82) is 0 Å². The van der Waals surface area contributed by atoms with Crippen molar-refractivity contribution in [2.45, 2.75) is 196 Å². The van der Waals surface area contributed by atoms with Gasteiger partial charge in [0.25, 0.3) is 0 Å². The first-order valence-corrected chi connectivity index (χ1v) is 23.4. The normalized spacial score (nSPS) is 49.1. The van der Waals surface area contributed by atoms with Crippen LogP contribution >= 0.6 is 0 Å². The molecule has 0 aromatic rings. The highest BCUT2D eigenvalue weighted by Crippen LogP contribution is 2.36. The Morgan fingerprint density at radius 3 is 1.19 bits per heavy atom. The molecule has 0 aliphatic carbocycles. The van der Waals surface area contributed by atoms with Gasteiger partial charge < -0.3 is 169 Å². The van der Waals surface area contributed by atoms with Crippen LogP contribution in [0.15, 0.2) is 0 Å². The first kappa shape index (κ1) is 61.8. The molecule has 6 aliphatic heterocycles. The number of hydrogen-bond donors (Lipinski definition) is 22. The van der Waals surface area contributed by atoms with Crippen LogP contribution in [-0.2, 0) is 56.8 Å². The van der Waals surface area contributed by atoms with Crippen LogP contribution < -0.4 is 0 Å². The third-order valence-electron chi connectivity index (χ3n) is 13.4. The van der Waals surface area contributed by atoms with Gasteiger partial charge in [-0.15, -0.1) is 0 Å². The minimum atomic E-state index is -2.27. The first-order valence-electron chi connectivity index (χ1n) is 23.4. The zero-order chi connectivity index (χ0) is 54.6. The predicted molar refractivity (Wildman–Crippen MR) is 222 cm³/mol. The molecule has 0 unspecified atom stereocenters. The number of ether oxygens (including phenoxy) is 12. The monoisotopic (exact) mass is 1090 g/mol. The summed E-state index contributed by atoms with van der Waals surface area (Å²) in [6.45, 7) is -7.46. The second kappa shape index (κ2) is 27.2. The van der Waals surface area contributed by atoms with Crippen LogP contribution in [0.25, 0.3) is 0 Å². The van der Waals surface area contributed by atoms with Gasteiger partial charge in [-0.1, -0.05) is 0 Å². The van der Waals surface area contributed by atoms with Gasteiger partial charge in [0.15, 0.2) is 37.7 Å². The highest BCUT2D eigenvalue weighted by Gasteiger charge is 2.57. The Labute approximate surface area is 418 Å².